The fourth-order valence-corrected chi connectivity index (χ4v) is 2.47. The Balaban J connectivity index is 2.10. The number of benzene rings is 2. The lowest BCUT2D eigenvalue weighted by atomic mass is 9.92. The monoisotopic (exact) mass is 283 g/mol. The largest absolute Gasteiger partial charge is 0.457 e. The van der Waals surface area contributed by atoms with Gasteiger partial charge in [0.25, 0.3) is 0 Å². The van der Waals surface area contributed by atoms with Crippen molar-refractivity contribution < 1.29 is 4.74 Å². The molecule has 0 saturated carbocycles. The molecule has 2 unspecified atom stereocenters. The standard InChI is InChI=1S/C19H25NO/c1-4-15(3)19(20-5-2)16-11-13-18(14-12-16)21-17-9-7-6-8-10-17/h6-15,19-20H,4-5H2,1-3H3. The van der Waals surface area contributed by atoms with Crippen molar-refractivity contribution >= 4 is 0 Å². The molecule has 1 N–H and O–H groups in total. The van der Waals surface area contributed by atoms with Crippen LogP contribution in [0.3, 0.4) is 0 Å². The molecule has 2 nitrogen and oxygen atoms in total. The van der Waals surface area contributed by atoms with Crippen molar-refractivity contribution in [3.8, 4) is 11.5 Å². The van der Waals surface area contributed by atoms with Gasteiger partial charge in [0.2, 0.25) is 0 Å². The SMILES string of the molecule is CCNC(c1ccc(Oc2ccccc2)cc1)C(C)CC. The van der Waals surface area contributed by atoms with Crippen molar-refractivity contribution in [2.24, 2.45) is 5.92 Å². The zero-order chi connectivity index (χ0) is 15.1. The number of para-hydroxylation sites is 1. The van der Waals surface area contributed by atoms with E-state index in [4.69, 9.17) is 4.74 Å². The zero-order valence-corrected chi connectivity index (χ0v) is 13.2. The van der Waals surface area contributed by atoms with Crippen molar-refractivity contribution in [2.75, 3.05) is 6.54 Å². The molecule has 2 aromatic carbocycles. The summed E-state index contributed by atoms with van der Waals surface area (Å²) in [6.45, 7) is 7.67. The lowest BCUT2D eigenvalue weighted by Gasteiger charge is -2.24. The van der Waals surface area contributed by atoms with Crippen LogP contribution in [-0.4, -0.2) is 6.54 Å². The number of hydrogen-bond acceptors (Lipinski definition) is 2. The summed E-state index contributed by atoms with van der Waals surface area (Å²) in [5, 5.41) is 3.58. The molecule has 0 fully saturated rings. The summed E-state index contributed by atoms with van der Waals surface area (Å²) in [4.78, 5) is 0. The molecule has 0 aromatic heterocycles. The van der Waals surface area contributed by atoms with E-state index >= 15 is 0 Å². The second-order valence-electron chi connectivity index (χ2n) is 5.41. The molecule has 0 radical (unpaired) electrons. The Morgan fingerprint density at radius 3 is 2.10 bits per heavy atom. The lowest BCUT2D eigenvalue weighted by molar-refractivity contribution is 0.383. The van der Waals surface area contributed by atoms with Crippen LogP contribution in [0.1, 0.15) is 38.8 Å². The van der Waals surface area contributed by atoms with E-state index in [9.17, 15) is 0 Å². The van der Waals surface area contributed by atoms with E-state index in [1.807, 2.05) is 30.3 Å². The van der Waals surface area contributed by atoms with E-state index < -0.39 is 0 Å². The quantitative estimate of drug-likeness (QED) is 0.756. The van der Waals surface area contributed by atoms with E-state index in [2.05, 4.69) is 50.4 Å². The summed E-state index contributed by atoms with van der Waals surface area (Å²) in [6, 6.07) is 18.7. The number of hydrogen-bond donors (Lipinski definition) is 1. The maximum atomic E-state index is 5.84. The molecule has 2 aromatic rings. The summed E-state index contributed by atoms with van der Waals surface area (Å²) in [6.07, 6.45) is 1.17. The molecular formula is C19H25NO. The predicted octanol–water partition coefficient (Wildman–Crippen LogP) is 5.18. The van der Waals surface area contributed by atoms with Crippen LogP contribution >= 0.6 is 0 Å². The van der Waals surface area contributed by atoms with Gasteiger partial charge in [0.15, 0.2) is 0 Å². The maximum absolute atomic E-state index is 5.84. The minimum Gasteiger partial charge on any atom is -0.457 e. The Morgan fingerprint density at radius 1 is 0.905 bits per heavy atom. The van der Waals surface area contributed by atoms with Crippen molar-refractivity contribution in [2.45, 2.75) is 33.2 Å². The van der Waals surface area contributed by atoms with E-state index in [0.717, 1.165) is 18.0 Å². The van der Waals surface area contributed by atoms with Crippen LogP contribution in [0.15, 0.2) is 54.6 Å². The first-order chi connectivity index (χ1) is 10.2. The molecule has 112 valence electrons. The molecule has 0 saturated heterocycles. The lowest BCUT2D eigenvalue weighted by Crippen LogP contribution is -2.26. The molecule has 2 rings (SSSR count). The zero-order valence-electron chi connectivity index (χ0n) is 13.2. The molecule has 0 bridgehead atoms. The van der Waals surface area contributed by atoms with Gasteiger partial charge in [-0.1, -0.05) is 57.5 Å². The van der Waals surface area contributed by atoms with Crippen molar-refractivity contribution in [1.29, 1.82) is 0 Å². The van der Waals surface area contributed by atoms with Gasteiger partial charge in [-0.2, -0.15) is 0 Å². The van der Waals surface area contributed by atoms with E-state index in [1.54, 1.807) is 0 Å². The molecule has 0 aliphatic carbocycles. The Morgan fingerprint density at radius 2 is 1.52 bits per heavy atom. The highest BCUT2D eigenvalue weighted by atomic mass is 16.5. The van der Waals surface area contributed by atoms with Crippen LogP contribution in [0, 0.1) is 5.92 Å². The summed E-state index contributed by atoms with van der Waals surface area (Å²) >= 11 is 0. The molecule has 2 heteroatoms. The molecule has 0 aliphatic heterocycles. The second kappa shape index (κ2) is 7.84. The van der Waals surface area contributed by atoms with Crippen LogP contribution in [0.2, 0.25) is 0 Å². The van der Waals surface area contributed by atoms with E-state index in [-0.39, 0.29) is 0 Å². The molecule has 21 heavy (non-hydrogen) atoms. The van der Waals surface area contributed by atoms with Crippen molar-refractivity contribution in [3.63, 3.8) is 0 Å². The minimum absolute atomic E-state index is 0.408. The van der Waals surface area contributed by atoms with Gasteiger partial charge in [0, 0.05) is 6.04 Å². The fourth-order valence-electron chi connectivity index (χ4n) is 2.47. The Labute approximate surface area is 128 Å². The fraction of sp³-hybridized carbons (Fsp3) is 0.368. The Hall–Kier alpha value is -1.80. The first-order valence-corrected chi connectivity index (χ1v) is 7.80. The van der Waals surface area contributed by atoms with Crippen LogP contribution in [0.25, 0.3) is 0 Å². The summed E-state index contributed by atoms with van der Waals surface area (Å²) in [5.41, 5.74) is 1.33. The molecule has 0 amide bonds. The van der Waals surface area contributed by atoms with Gasteiger partial charge in [-0.05, 0) is 42.3 Å². The average molecular weight is 283 g/mol. The van der Waals surface area contributed by atoms with Gasteiger partial charge in [0.1, 0.15) is 11.5 Å². The van der Waals surface area contributed by atoms with Gasteiger partial charge in [-0.25, -0.2) is 0 Å². The number of ether oxygens (including phenoxy) is 1. The van der Waals surface area contributed by atoms with E-state index in [1.165, 1.54) is 12.0 Å². The third kappa shape index (κ3) is 4.33. The summed E-state index contributed by atoms with van der Waals surface area (Å²) in [7, 11) is 0. The van der Waals surface area contributed by atoms with Crippen molar-refractivity contribution in [1.82, 2.24) is 5.32 Å². The molecule has 0 spiro atoms. The smallest absolute Gasteiger partial charge is 0.127 e. The van der Waals surface area contributed by atoms with Crippen LogP contribution < -0.4 is 10.1 Å². The second-order valence-corrected chi connectivity index (χ2v) is 5.41. The third-order valence-corrected chi connectivity index (χ3v) is 3.86. The van der Waals surface area contributed by atoms with Gasteiger partial charge in [-0.3, -0.25) is 0 Å². The summed E-state index contributed by atoms with van der Waals surface area (Å²) < 4.78 is 5.84. The van der Waals surface area contributed by atoms with Gasteiger partial charge in [-0.15, -0.1) is 0 Å². The van der Waals surface area contributed by atoms with Gasteiger partial charge in [0.05, 0.1) is 0 Å². The maximum Gasteiger partial charge on any atom is 0.127 e. The number of rotatable bonds is 7. The highest BCUT2D eigenvalue weighted by molar-refractivity contribution is 5.34. The minimum atomic E-state index is 0.408. The topological polar surface area (TPSA) is 21.3 Å². The Bertz CT molecular complexity index is 521. The molecule has 0 aliphatic rings. The van der Waals surface area contributed by atoms with Gasteiger partial charge >= 0.3 is 0 Å². The Kier molecular flexibility index (Phi) is 5.82. The highest BCUT2D eigenvalue weighted by Gasteiger charge is 2.16. The molecule has 0 heterocycles. The van der Waals surface area contributed by atoms with Crippen LogP contribution in [0.4, 0.5) is 0 Å². The van der Waals surface area contributed by atoms with Crippen molar-refractivity contribution in [3.05, 3.63) is 60.2 Å². The average Bonchev–Trinajstić information content (AvgIpc) is 2.54. The van der Waals surface area contributed by atoms with Gasteiger partial charge < -0.3 is 10.1 Å². The van der Waals surface area contributed by atoms with Crippen LogP contribution in [0.5, 0.6) is 11.5 Å². The van der Waals surface area contributed by atoms with Crippen LogP contribution in [-0.2, 0) is 0 Å². The highest BCUT2D eigenvalue weighted by Crippen LogP contribution is 2.27. The number of nitrogens with one attached hydrogen (secondary N) is 1. The normalized spacial score (nSPS) is 13.7. The third-order valence-electron chi connectivity index (χ3n) is 3.86. The molecular weight excluding hydrogens is 258 g/mol. The van der Waals surface area contributed by atoms with E-state index in [0.29, 0.717) is 12.0 Å². The first-order valence-electron chi connectivity index (χ1n) is 7.80. The predicted molar refractivity (Wildman–Crippen MR) is 88.8 cm³/mol. The summed E-state index contributed by atoms with van der Waals surface area (Å²) in [5.74, 6) is 2.37. The first kappa shape index (κ1) is 15.6. The molecule has 2 atom stereocenters.